The minimum Gasteiger partial charge on any atom is -0.481 e. The molecule has 188 valence electrons. The molecule has 12 heteroatoms. The molecule has 0 saturated carbocycles. The monoisotopic (exact) mass is 564 g/mol. The number of aryl methyl sites for hydroxylation is 2. The summed E-state index contributed by atoms with van der Waals surface area (Å²) in [5.74, 6) is -1.12. The lowest BCUT2D eigenvalue weighted by atomic mass is 9.88. The van der Waals surface area contributed by atoms with Gasteiger partial charge in [0.05, 0.1) is 29.2 Å². The van der Waals surface area contributed by atoms with Crippen LogP contribution in [-0.2, 0) is 40.0 Å². The second-order valence-electron chi connectivity index (χ2n) is 8.67. The van der Waals surface area contributed by atoms with Gasteiger partial charge in [-0.3, -0.25) is 9.59 Å². The number of aromatic nitrogens is 4. The van der Waals surface area contributed by atoms with E-state index in [1.807, 2.05) is 6.92 Å². The maximum absolute atomic E-state index is 11.8. The summed E-state index contributed by atoms with van der Waals surface area (Å²) < 4.78 is 5.11. The van der Waals surface area contributed by atoms with Gasteiger partial charge in [-0.2, -0.15) is 0 Å². The lowest BCUT2D eigenvalue weighted by molar-refractivity contribution is -0.148. The molecule has 2 aliphatic carbocycles. The molecule has 2 atom stereocenters. The molecule has 0 radical (unpaired) electrons. The molecule has 0 spiro atoms. The highest BCUT2D eigenvalue weighted by Gasteiger charge is 2.30. The minimum atomic E-state index is -0.717. The lowest BCUT2D eigenvalue weighted by Gasteiger charge is -2.20. The standard InChI is InChI=1S/C13H13ClN2O2S.C11H9ClN2O2S/c1-2-18-13(17)7-3-4-8-9(5-7)19-12-10(8)11(14)15-6-16-12;12-9-8-6-2-1-5(11(15)16)3-7(6)17-10(8)14-4-13-9/h6-7H,2-5H2,1H3;4-5H,1-3H2,(H,15,16)/t7-;5-/m11/s1. The second kappa shape index (κ2) is 10.5. The molecular weight excluding hydrogens is 543 g/mol. The van der Waals surface area contributed by atoms with Crippen LogP contribution < -0.4 is 0 Å². The molecule has 2 aliphatic rings. The van der Waals surface area contributed by atoms with Gasteiger partial charge in [0.15, 0.2) is 0 Å². The zero-order chi connectivity index (χ0) is 25.4. The summed E-state index contributed by atoms with van der Waals surface area (Å²) in [6.45, 7) is 2.27. The molecule has 36 heavy (non-hydrogen) atoms. The number of esters is 1. The van der Waals surface area contributed by atoms with E-state index in [2.05, 4.69) is 19.9 Å². The Kier molecular flexibility index (Phi) is 7.39. The van der Waals surface area contributed by atoms with E-state index in [4.69, 9.17) is 33.0 Å². The molecule has 0 amide bonds. The van der Waals surface area contributed by atoms with Gasteiger partial charge in [-0.1, -0.05) is 23.2 Å². The number of carboxylic acids is 1. The maximum Gasteiger partial charge on any atom is 0.309 e. The molecule has 8 nitrogen and oxygen atoms in total. The average molecular weight is 566 g/mol. The topological polar surface area (TPSA) is 115 Å². The van der Waals surface area contributed by atoms with Crippen LogP contribution in [0.15, 0.2) is 12.7 Å². The SMILES string of the molecule is CCOC(=O)[C@@H]1CCc2c(sc3ncnc(Cl)c23)C1.O=C(O)[C@@H]1CCc2c(sc3ncnc(Cl)c23)C1. The molecule has 4 aromatic rings. The van der Waals surface area contributed by atoms with Crippen molar-refractivity contribution in [3.8, 4) is 0 Å². The summed E-state index contributed by atoms with van der Waals surface area (Å²) in [5.41, 5.74) is 2.36. The van der Waals surface area contributed by atoms with Crippen LogP contribution in [0.2, 0.25) is 10.3 Å². The van der Waals surface area contributed by atoms with Crippen molar-refractivity contribution < 1.29 is 19.4 Å². The number of fused-ring (bicyclic) bond motifs is 6. The highest BCUT2D eigenvalue weighted by Crippen LogP contribution is 2.40. The number of carboxylic acid groups (broad SMARTS) is 1. The fourth-order valence-corrected chi connectivity index (χ4v) is 7.96. The number of hydrogen-bond acceptors (Lipinski definition) is 9. The molecule has 0 saturated heterocycles. The van der Waals surface area contributed by atoms with Gasteiger partial charge in [-0.15, -0.1) is 22.7 Å². The Morgan fingerprint density at radius 2 is 1.42 bits per heavy atom. The van der Waals surface area contributed by atoms with Gasteiger partial charge in [0.25, 0.3) is 0 Å². The third-order valence-electron chi connectivity index (χ3n) is 6.57. The van der Waals surface area contributed by atoms with Crippen molar-refractivity contribution in [3.05, 3.63) is 43.8 Å². The predicted molar refractivity (Wildman–Crippen MR) is 140 cm³/mol. The molecule has 0 aliphatic heterocycles. The van der Waals surface area contributed by atoms with Gasteiger partial charge in [0.2, 0.25) is 0 Å². The number of rotatable bonds is 3. The van der Waals surface area contributed by atoms with Crippen LogP contribution in [0.1, 0.15) is 40.6 Å². The van der Waals surface area contributed by atoms with Gasteiger partial charge in [0.1, 0.15) is 32.6 Å². The minimum absolute atomic E-state index is 0.0350. The zero-order valence-corrected chi connectivity index (χ0v) is 22.4. The van der Waals surface area contributed by atoms with Crippen molar-refractivity contribution in [1.29, 1.82) is 0 Å². The van der Waals surface area contributed by atoms with E-state index in [1.54, 1.807) is 11.3 Å². The number of thiophene rings is 2. The predicted octanol–water partition coefficient (Wildman–Crippen LogP) is 5.55. The largest absolute Gasteiger partial charge is 0.481 e. The first kappa shape index (κ1) is 25.3. The maximum atomic E-state index is 11.8. The third-order valence-corrected chi connectivity index (χ3v) is 9.47. The highest BCUT2D eigenvalue weighted by atomic mass is 35.5. The number of carbonyl (C=O) groups excluding carboxylic acids is 1. The van der Waals surface area contributed by atoms with Crippen molar-refractivity contribution in [3.63, 3.8) is 0 Å². The lowest BCUT2D eigenvalue weighted by Crippen LogP contribution is -2.23. The van der Waals surface area contributed by atoms with Gasteiger partial charge < -0.3 is 9.84 Å². The van der Waals surface area contributed by atoms with Crippen LogP contribution in [0, 0.1) is 11.8 Å². The van der Waals surface area contributed by atoms with Crippen LogP contribution >= 0.6 is 45.9 Å². The van der Waals surface area contributed by atoms with Crippen molar-refractivity contribution in [2.45, 2.75) is 45.4 Å². The molecule has 6 rings (SSSR count). The van der Waals surface area contributed by atoms with Crippen molar-refractivity contribution >= 4 is 78.2 Å². The van der Waals surface area contributed by atoms with E-state index < -0.39 is 5.97 Å². The van der Waals surface area contributed by atoms with E-state index in [0.717, 1.165) is 56.6 Å². The number of halogens is 2. The third kappa shape index (κ3) is 4.79. The van der Waals surface area contributed by atoms with Crippen LogP contribution in [0.3, 0.4) is 0 Å². The number of carbonyl (C=O) groups is 2. The normalized spacial score (nSPS) is 18.8. The quantitative estimate of drug-likeness (QED) is 0.254. The fraction of sp³-hybridized carbons (Fsp3) is 0.417. The Morgan fingerprint density at radius 1 is 0.917 bits per heavy atom. The van der Waals surface area contributed by atoms with Crippen LogP contribution in [0.4, 0.5) is 0 Å². The Bertz CT molecular complexity index is 1470. The molecule has 4 aromatic heterocycles. The second-order valence-corrected chi connectivity index (χ2v) is 11.5. The van der Waals surface area contributed by atoms with Gasteiger partial charge in [-0.05, 0) is 56.6 Å². The van der Waals surface area contributed by atoms with E-state index in [9.17, 15) is 9.59 Å². The Labute approximate surface area is 224 Å². The Morgan fingerprint density at radius 3 is 1.92 bits per heavy atom. The first-order chi connectivity index (χ1) is 17.4. The summed E-state index contributed by atoms with van der Waals surface area (Å²) >= 11 is 15.4. The first-order valence-corrected chi connectivity index (χ1v) is 14.0. The molecular formula is C24H22Cl2N4O4S2. The summed E-state index contributed by atoms with van der Waals surface area (Å²) in [6.07, 6.45) is 7.30. The Hall–Kier alpha value is -2.40. The highest BCUT2D eigenvalue weighted by molar-refractivity contribution is 7.19. The molecule has 4 heterocycles. The first-order valence-electron chi connectivity index (χ1n) is 11.6. The van der Waals surface area contributed by atoms with Crippen molar-refractivity contribution in [2.24, 2.45) is 11.8 Å². The number of nitrogens with zero attached hydrogens (tertiary/aromatic N) is 4. The molecule has 0 aromatic carbocycles. The summed E-state index contributed by atoms with van der Waals surface area (Å²) in [5, 5.41) is 11.9. The Balaban J connectivity index is 0.000000149. The van der Waals surface area contributed by atoms with Gasteiger partial charge >= 0.3 is 11.9 Å². The summed E-state index contributed by atoms with van der Waals surface area (Å²) in [6, 6.07) is 0. The average Bonchev–Trinajstić information content (AvgIpc) is 3.43. The van der Waals surface area contributed by atoms with Crippen molar-refractivity contribution in [2.75, 3.05) is 6.61 Å². The molecule has 0 unspecified atom stereocenters. The zero-order valence-electron chi connectivity index (χ0n) is 19.3. The van der Waals surface area contributed by atoms with Gasteiger partial charge in [0, 0.05) is 9.75 Å². The fourth-order valence-electron chi connectivity index (χ4n) is 4.82. The summed E-state index contributed by atoms with van der Waals surface area (Å²) in [4.78, 5) is 43.4. The van der Waals surface area contributed by atoms with E-state index in [-0.39, 0.29) is 17.8 Å². The molecule has 0 bridgehead atoms. The van der Waals surface area contributed by atoms with Crippen LogP contribution in [-0.4, -0.2) is 43.6 Å². The van der Waals surface area contributed by atoms with E-state index in [1.165, 1.54) is 34.4 Å². The molecule has 1 N–H and O–H groups in total. The number of ether oxygens (including phenoxy) is 1. The van der Waals surface area contributed by atoms with Crippen molar-refractivity contribution in [1.82, 2.24) is 19.9 Å². The van der Waals surface area contributed by atoms with E-state index >= 15 is 0 Å². The van der Waals surface area contributed by atoms with E-state index in [0.29, 0.717) is 29.8 Å². The van der Waals surface area contributed by atoms with Crippen LogP contribution in [0.5, 0.6) is 0 Å². The van der Waals surface area contributed by atoms with Gasteiger partial charge in [-0.25, -0.2) is 19.9 Å². The smallest absolute Gasteiger partial charge is 0.309 e. The number of aliphatic carboxylic acids is 1. The number of hydrogen-bond donors (Lipinski definition) is 1. The summed E-state index contributed by atoms with van der Waals surface area (Å²) in [7, 11) is 0. The molecule has 0 fully saturated rings. The van der Waals surface area contributed by atoms with Crippen LogP contribution in [0.25, 0.3) is 20.4 Å².